The maximum atomic E-state index is 11.2. The number of nitrogens with two attached hydrogens (primary N) is 1. The van der Waals surface area contributed by atoms with Gasteiger partial charge < -0.3 is 5.32 Å². The summed E-state index contributed by atoms with van der Waals surface area (Å²) >= 11 is 5.81. The van der Waals surface area contributed by atoms with Gasteiger partial charge in [0, 0.05) is 12.1 Å². The Labute approximate surface area is 97.6 Å². The van der Waals surface area contributed by atoms with E-state index in [1.54, 1.807) is 0 Å². The molecule has 7 heteroatoms. The number of carbonyl (C=O) groups is 1. The van der Waals surface area contributed by atoms with E-state index in [2.05, 4.69) is 5.32 Å². The van der Waals surface area contributed by atoms with Gasteiger partial charge in [0.2, 0.25) is 15.9 Å². The molecule has 3 N–H and O–H groups in total. The summed E-state index contributed by atoms with van der Waals surface area (Å²) < 4.78 is 22.4. The summed E-state index contributed by atoms with van der Waals surface area (Å²) in [5.74, 6) is -0.143. The first-order valence-electron chi connectivity index (χ1n) is 4.53. The molecule has 0 aliphatic carbocycles. The Hall–Kier alpha value is -1.11. The van der Waals surface area contributed by atoms with E-state index in [0.29, 0.717) is 18.5 Å². The number of sulfonamides is 1. The molecule has 0 aromatic heterocycles. The minimum absolute atomic E-state index is 0.0809. The number of anilines is 1. The van der Waals surface area contributed by atoms with Crippen molar-refractivity contribution >= 4 is 33.2 Å². The fraction of sp³-hybridized carbons (Fsp3) is 0.222. The van der Waals surface area contributed by atoms with Crippen LogP contribution in [0.15, 0.2) is 17.0 Å². The van der Waals surface area contributed by atoms with E-state index in [0.717, 1.165) is 5.56 Å². The van der Waals surface area contributed by atoms with Crippen LogP contribution in [0.3, 0.4) is 0 Å². The summed E-state index contributed by atoms with van der Waals surface area (Å²) in [5, 5.41) is 7.66. The minimum Gasteiger partial charge on any atom is -0.326 e. The Morgan fingerprint density at radius 3 is 2.62 bits per heavy atom. The molecule has 1 aliphatic rings. The van der Waals surface area contributed by atoms with Crippen molar-refractivity contribution in [1.82, 2.24) is 0 Å². The Morgan fingerprint density at radius 2 is 2.00 bits per heavy atom. The molecule has 1 amide bonds. The molecule has 0 bridgehead atoms. The molecule has 0 saturated carbocycles. The number of nitrogens with one attached hydrogen (secondary N) is 1. The van der Waals surface area contributed by atoms with Gasteiger partial charge in [-0.15, -0.1) is 0 Å². The average Bonchev–Trinajstić information content (AvgIpc) is 2.16. The lowest BCUT2D eigenvalue weighted by Crippen LogP contribution is -2.20. The van der Waals surface area contributed by atoms with Gasteiger partial charge >= 0.3 is 0 Å². The highest BCUT2D eigenvalue weighted by atomic mass is 35.5. The van der Waals surface area contributed by atoms with Crippen LogP contribution in [0.5, 0.6) is 0 Å². The van der Waals surface area contributed by atoms with Crippen molar-refractivity contribution in [3.8, 4) is 0 Å². The molecule has 0 fully saturated rings. The van der Waals surface area contributed by atoms with Gasteiger partial charge in [-0.25, -0.2) is 13.6 Å². The molecule has 0 saturated heterocycles. The molecule has 0 spiro atoms. The van der Waals surface area contributed by atoms with Gasteiger partial charge in [0.05, 0.1) is 5.02 Å². The second-order valence-corrected chi connectivity index (χ2v) is 5.47. The zero-order chi connectivity index (χ0) is 11.9. The van der Waals surface area contributed by atoms with Crippen LogP contribution < -0.4 is 10.5 Å². The lowest BCUT2D eigenvalue weighted by Gasteiger charge is -2.18. The number of halogens is 1. The van der Waals surface area contributed by atoms with E-state index >= 15 is 0 Å². The lowest BCUT2D eigenvalue weighted by molar-refractivity contribution is -0.116. The van der Waals surface area contributed by atoms with Gasteiger partial charge in [0.1, 0.15) is 4.90 Å². The van der Waals surface area contributed by atoms with Crippen molar-refractivity contribution in [2.75, 3.05) is 5.32 Å². The molecule has 1 heterocycles. The van der Waals surface area contributed by atoms with Crippen molar-refractivity contribution in [2.24, 2.45) is 5.14 Å². The van der Waals surface area contributed by atoms with Crippen LogP contribution in [-0.4, -0.2) is 14.3 Å². The summed E-state index contributed by atoms with van der Waals surface area (Å²) in [6.45, 7) is 0. The van der Waals surface area contributed by atoms with Gasteiger partial charge in [-0.1, -0.05) is 11.6 Å². The van der Waals surface area contributed by atoms with Crippen molar-refractivity contribution in [1.29, 1.82) is 0 Å². The second kappa shape index (κ2) is 3.73. The first-order chi connectivity index (χ1) is 7.38. The number of primary sulfonamides is 1. The van der Waals surface area contributed by atoms with Crippen LogP contribution in [0.25, 0.3) is 0 Å². The smallest absolute Gasteiger partial charge is 0.239 e. The van der Waals surface area contributed by atoms with Gasteiger partial charge in [-0.05, 0) is 24.1 Å². The molecule has 5 nitrogen and oxygen atoms in total. The minimum atomic E-state index is -3.87. The van der Waals surface area contributed by atoms with Crippen molar-refractivity contribution in [3.05, 3.63) is 22.7 Å². The zero-order valence-corrected chi connectivity index (χ0v) is 9.73. The Bertz CT molecular complexity index is 568. The molecule has 2 rings (SSSR count). The van der Waals surface area contributed by atoms with E-state index < -0.39 is 10.0 Å². The largest absolute Gasteiger partial charge is 0.326 e. The monoisotopic (exact) mass is 260 g/mol. The summed E-state index contributed by atoms with van der Waals surface area (Å²) in [6.07, 6.45) is 0.920. The summed E-state index contributed by atoms with van der Waals surface area (Å²) in [7, 11) is -3.87. The first-order valence-corrected chi connectivity index (χ1v) is 6.45. The van der Waals surface area contributed by atoms with Gasteiger partial charge in [-0.3, -0.25) is 4.79 Å². The third kappa shape index (κ3) is 2.04. The molecule has 86 valence electrons. The number of carbonyl (C=O) groups excluding carboxylic acids is 1. The number of amides is 1. The fourth-order valence-corrected chi connectivity index (χ4v) is 2.72. The van der Waals surface area contributed by atoms with Crippen LogP contribution in [0.4, 0.5) is 5.69 Å². The SMILES string of the molecule is NS(=O)(=O)c1cc2c(cc1Cl)CCC(=O)N2. The van der Waals surface area contributed by atoms with E-state index in [1.807, 2.05) is 0 Å². The van der Waals surface area contributed by atoms with Crippen LogP contribution >= 0.6 is 11.6 Å². The number of hydrogen-bond acceptors (Lipinski definition) is 3. The number of aryl methyl sites for hydroxylation is 1. The second-order valence-electron chi connectivity index (χ2n) is 3.53. The molecule has 1 aromatic rings. The zero-order valence-electron chi connectivity index (χ0n) is 8.16. The number of rotatable bonds is 1. The van der Waals surface area contributed by atoms with Crippen molar-refractivity contribution in [3.63, 3.8) is 0 Å². The Kier molecular flexibility index (Phi) is 2.65. The van der Waals surface area contributed by atoms with E-state index in [4.69, 9.17) is 16.7 Å². The fourth-order valence-electron chi connectivity index (χ4n) is 1.60. The molecule has 1 aliphatic heterocycles. The van der Waals surface area contributed by atoms with Crippen molar-refractivity contribution in [2.45, 2.75) is 17.7 Å². The third-order valence-electron chi connectivity index (χ3n) is 2.36. The molecule has 16 heavy (non-hydrogen) atoms. The first kappa shape index (κ1) is 11.4. The molecule has 0 unspecified atom stereocenters. The van der Waals surface area contributed by atoms with Crippen LogP contribution in [-0.2, 0) is 21.2 Å². The number of fused-ring (bicyclic) bond motifs is 1. The van der Waals surface area contributed by atoms with Gasteiger partial charge in [-0.2, -0.15) is 0 Å². The number of benzene rings is 1. The highest BCUT2D eigenvalue weighted by Gasteiger charge is 2.20. The quantitative estimate of drug-likeness (QED) is 0.785. The van der Waals surface area contributed by atoms with E-state index in [-0.39, 0.29) is 15.8 Å². The molecule has 1 aromatic carbocycles. The Balaban J connectivity index is 2.60. The van der Waals surface area contributed by atoms with Crippen LogP contribution in [0, 0.1) is 0 Å². The molecular formula is C9H9ClN2O3S. The topological polar surface area (TPSA) is 89.3 Å². The number of hydrogen-bond donors (Lipinski definition) is 2. The van der Waals surface area contributed by atoms with Crippen molar-refractivity contribution < 1.29 is 13.2 Å². The summed E-state index contributed by atoms with van der Waals surface area (Å²) in [5.41, 5.74) is 1.28. The third-order valence-corrected chi connectivity index (χ3v) is 3.74. The van der Waals surface area contributed by atoms with Crippen LogP contribution in [0.2, 0.25) is 5.02 Å². The Morgan fingerprint density at radius 1 is 1.31 bits per heavy atom. The standard InChI is InChI=1S/C9H9ClN2O3S/c10-6-3-5-1-2-9(13)12-7(5)4-8(6)16(11,14)15/h3-4H,1-2H2,(H,12,13)(H2,11,14,15). The summed E-state index contributed by atoms with van der Waals surface area (Å²) in [4.78, 5) is 11.0. The normalized spacial score (nSPS) is 15.5. The van der Waals surface area contributed by atoms with Gasteiger partial charge in [0.15, 0.2) is 0 Å². The average molecular weight is 261 g/mol. The van der Waals surface area contributed by atoms with E-state index in [1.165, 1.54) is 12.1 Å². The maximum absolute atomic E-state index is 11.2. The summed E-state index contributed by atoms with van der Waals surface area (Å²) in [6, 6.07) is 2.82. The highest BCUT2D eigenvalue weighted by Crippen LogP contribution is 2.31. The van der Waals surface area contributed by atoms with Crippen LogP contribution in [0.1, 0.15) is 12.0 Å². The molecule has 0 radical (unpaired) electrons. The molecule has 0 atom stereocenters. The van der Waals surface area contributed by atoms with E-state index in [9.17, 15) is 13.2 Å². The predicted molar refractivity (Wildman–Crippen MR) is 59.8 cm³/mol. The lowest BCUT2D eigenvalue weighted by atomic mass is 10.0. The highest BCUT2D eigenvalue weighted by molar-refractivity contribution is 7.89. The predicted octanol–water partition coefficient (Wildman–Crippen LogP) is 0.872. The molecular weight excluding hydrogens is 252 g/mol. The van der Waals surface area contributed by atoms with Gasteiger partial charge in [0.25, 0.3) is 0 Å². The maximum Gasteiger partial charge on any atom is 0.239 e.